The number of thiophene rings is 1. The van der Waals surface area contributed by atoms with Crippen LogP contribution in [-0.2, 0) is 0 Å². The van der Waals surface area contributed by atoms with E-state index < -0.39 is 0 Å². The molecule has 0 aliphatic carbocycles. The van der Waals surface area contributed by atoms with Gasteiger partial charge in [0.15, 0.2) is 0 Å². The van der Waals surface area contributed by atoms with Gasteiger partial charge < -0.3 is 4.42 Å². The van der Waals surface area contributed by atoms with Crippen LogP contribution in [0, 0.1) is 0 Å². The molecule has 0 fully saturated rings. The molecule has 6 aromatic carbocycles. The molecular weight excluding hydrogens is 432 g/mol. The third-order valence-electron chi connectivity index (χ3n) is 7.05. The van der Waals surface area contributed by atoms with Crippen LogP contribution in [0.5, 0.6) is 0 Å². The second-order valence-electron chi connectivity index (χ2n) is 8.95. The Morgan fingerprint density at radius 1 is 0.441 bits per heavy atom. The fourth-order valence-corrected chi connectivity index (χ4v) is 6.60. The number of hydrogen-bond acceptors (Lipinski definition) is 2. The van der Waals surface area contributed by atoms with Crippen molar-refractivity contribution in [3.63, 3.8) is 0 Å². The molecule has 0 bridgehead atoms. The van der Waals surface area contributed by atoms with Gasteiger partial charge in [-0.1, -0.05) is 72.8 Å². The normalized spacial score (nSPS) is 12.1. The molecule has 2 aromatic heterocycles. The molecule has 0 aliphatic rings. The lowest BCUT2D eigenvalue weighted by molar-refractivity contribution is 0.669. The van der Waals surface area contributed by atoms with E-state index in [0.717, 1.165) is 11.2 Å². The highest BCUT2D eigenvalue weighted by molar-refractivity contribution is 7.25. The summed E-state index contributed by atoms with van der Waals surface area (Å²) in [7, 11) is 0. The average molecular weight is 451 g/mol. The van der Waals surface area contributed by atoms with Crippen LogP contribution in [0.1, 0.15) is 0 Å². The lowest BCUT2D eigenvalue weighted by Crippen LogP contribution is -1.85. The van der Waals surface area contributed by atoms with E-state index >= 15 is 0 Å². The standard InChI is InChI=1S/C32H18OS/c1-2-8-22-21(7-1)26(19-13-14-25-24-10-4-6-12-31(24)34-32(25)17-19)15-20-16-30-28(18-27(20)22)23-9-3-5-11-29(23)33-30/h1-18H. The van der Waals surface area contributed by atoms with E-state index in [1.54, 1.807) is 0 Å². The summed E-state index contributed by atoms with van der Waals surface area (Å²) in [5, 5.41) is 10.0. The van der Waals surface area contributed by atoms with Gasteiger partial charge in [-0.15, -0.1) is 11.3 Å². The first-order valence-electron chi connectivity index (χ1n) is 11.5. The van der Waals surface area contributed by atoms with Crippen molar-refractivity contribution in [3.8, 4) is 11.1 Å². The molecule has 158 valence electrons. The van der Waals surface area contributed by atoms with Crippen molar-refractivity contribution in [2.75, 3.05) is 0 Å². The first-order chi connectivity index (χ1) is 16.8. The Hall–Kier alpha value is -4.14. The van der Waals surface area contributed by atoms with Gasteiger partial charge in [0.2, 0.25) is 0 Å². The quantitative estimate of drug-likeness (QED) is 0.227. The molecule has 0 spiro atoms. The van der Waals surface area contributed by atoms with Crippen molar-refractivity contribution in [2.24, 2.45) is 0 Å². The van der Waals surface area contributed by atoms with E-state index in [0.29, 0.717) is 0 Å². The molecule has 0 saturated carbocycles. The first kappa shape index (κ1) is 18.3. The summed E-state index contributed by atoms with van der Waals surface area (Å²) in [5.41, 5.74) is 4.39. The van der Waals surface area contributed by atoms with Crippen molar-refractivity contribution in [2.45, 2.75) is 0 Å². The molecule has 0 aliphatic heterocycles. The molecule has 1 nitrogen and oxygen atoms in total. The Morgan fingerprint density at radius 3 is 2.09 bits per heavy atom. The van der Waals surface area contributed by atoms with Gasteiger partial charge in [-0.2, -0.15) is 0 Å². The molecule has 0 unspecified atom stereocenters. The summed E-state index contributed by atoms with van der Waals surface area (Å²) in [5.74, 6) is 0. The Labute approximate surface area is 199 Å². The van der Waals surface area contributed by atoms with Crippen LogP contribution in [0.15, 0.2) is 114 Å². The zero-order valence-electron chi connectivity index (χ0n) is 18.2. The van der Waals surface area contributed by atoms with Crippen LogP contribution in [0.4, 0.5) is 0 Å². The average Bonchev–Trinajstić information content (AvgIpc) is 3.44. The predicted molar refractivity (Wildman–Crippen MR) is 147 cm³/mol. The monoisotopic (exact) mass is 450 g/mol. The van der Waals surface area contributed by atoms with Crippen molar-refractivity contribution in [3.05, 3.63) is 109 Å². The lowest BCUT2D eigenvalue weighted by atomic mass is 9.92. The minimum atomic E-state index is 0.938. The molecular formula is C32H18OS. The number of fused-ring (bicyclic) bond motifs is 9. The zero-order chi connectivity index (χ0) is 22.2. The molecule has 0 N–H and O–H groups in total. The molecule has 0 atom stereocenters. The minimum absolute atomic E-state index is 0.938. The van der Waals surface area contributed by atoms with Crippen molar-refractivity contribution in [1.82, 2.24) is 0 Å². The summed E-state index contributed by atoms with van der Waals surface area (Å²) >= 11 is 1.87. The molecule has 0 saturated heterocycles. The third kappa shape index (κ3) is 2.49. The van der Waals surface area contributed by atoms with Gasteiger partial charge in [-0.3, -0.25) is 0 Å². The van der Waals surface area contributed by atoms with Crippen LogP contribution in [0.2, 0.25) is 0 Å². The highest BCUT2D eigenvalue weighted by Crippen LogP contribution is 2.41. The van der Waals surface area contributed by atoms with Crippen molar-refractivity contribution < 1.29 is 4.42 Å². The fourth-order valence-electron chi connectivity index (χ4n) is 5.46. The van der Waals surface area contributed by atoms with Gasteiger partial charge in [0.25, 0.3) is 0 Å². The molecule has 8 aromatic rings. The van der Waals surface area contributed by atoms with Crippen LogP contribution >= 0.6 is 11.3 Å². The predicted octanol–water partition coefficient (Wildman–Crippen LogP) is 9.93. The molecule has 0 amide bonds. The number of furan rings is 1. The smallest absolute Gasteiger partial charge is 0.136 e. The molecule has 34 heavy (non-hydrogen) atoms. The summed E-state index contributed by atoms with van der Waals surface area (Å²) in [4.78, 5) is 0. The Morgan fingerprint density at radius 2 is 1.18 bits per heavy atom. The molecule has 2 heterocycles. The van der Waals surface area contributed by atoms with Crippen molar-refractivity contribution in [1.29, 1.82) is 0 Å². The van der Waals surface area contributed by atoms with Gasteiger partial charge in [-0.25, -0.2) is 0 Å². The second kappa shape index (κ2) is 6.69. The van der Waals surface area contributed by atoms with Crippen molar-refractivity contribution >= 4 is 75.0 Å². The molecule has 8 rings (SSSR count). The van der Waals surface area contributed by atoms with E-state index in [2.05, 4.69) is 97.1 Å². The van der Waals surface area contributed by atoms with Gasteiger partial charge >= 0.3 is 0 Å². The van der Waals surface area contributed by atoms with Crippen LogP contribution in [-0.4, -0.2) is 0 Å². The maximum Gasteiger partial charge on any atom is 0.136 e. The third-order valence-corrected chi connectivity index (χ3v) is 8.18. The fraction of sp³-hybridized carbons (Fsp3) is 0. The number of hydrogen-bond donors (Lipinski definition) is 0. The Kier molecular flexibility index (Phi) is 3.60. The van der Waals surface area contributed by atoms with E-state index in [-0.39, 0.29) is 0 Å². The second-order valence-corrected chi connectivity index (χ2v) is 10.0. The van der Waals surface area contributed by atoms with Gasteiger partial charge in [0.1, 0.15) is 11.2 Å². The van der Waals surface area contributed by atoms with E-state index in [1.165, 1.54) is 63.6 Å². The maximum absolute atomic E-state index is 6.21. The molecule has 0 radical (unpaired) electrons. The Bertz CT molecular complexity index is 2070. The highest BCUT2D eigenvalue weighted by Gasteiger charge is 2.14. The summed E-state index contributed by atoms with van der Waals surface area (Å²) in [6.07, 6.45) is 0. The number of benzene rings is 6. The summed E-state index contributed by atoms with van der Waals surface area (Å²) in [6.45, 7) is 0. The topological polar surface area (TPSA) is 13.1 Å². The summed E-state index contributed by atoms with van der Waals surface area (Å²) < 4.78 is 8.88. The summed E-state index contributed by atoms with van der Waals surface area (Å²) in [6, 6.07) is 39.5. The number of para-hydroxylation sites is 1. The van der Waals surface area contributed by atoms with Gasteiger partial charge in [-0.05, 0) is 69.1 Å². The van der Waals surface area contributed by atoms with E-state index in [4.69, 9.17) is 4.42 Å². The van der Waals surface area contributed by atoms with Crippen LogP contribution in [0.3, 0.4) is 0 Å². The first-order valence-corrected chi connectivity index (χ1v) is 12.3. The maximum atomic E-state index is 6.21. The molecule has 2 heteroatoms. The van der Waals surface area contributed by atoms with E-state index in [1.807, 2.05) is 23.5 Å². The van der Waals surface area contributed by atoms with Crippen LogP contribution in [0.25, 0.3) is 74.8 Å². The van der Waals surface area contributed by atoms with Gasteiger partial charge in [0, 0.05) is 30.9 Å². The van der Waals surface area contributed by atoms with Crippen LogP contribution < -0.4 is 0 Å². The Balaban J connectivity index is 1.46. The minimum Gasteiger partial charge on any atom is -0.456 e. The zero-order valence-corrected chi connectivity index (χ0v) is 19.0. The SMILES string of the molecule is c1ccc2c(c1)oc1cc3cc(-c4ccc5c(c4)sc4ccccc45)c4ccccc4c3cc12. The number of rotatable bonds is 1. The van der Waals surface area contributed by atoms with Gasteiger partial charge in [0.05, 0.1) is 0 Å². The van der Waals surface area contributed by atoms with E-state index in [9.17, 15) is 0 Å². The largest absolute Gasteiger partial charge is 0.456 e. The lowest BCUT2D eigenvalue weighted by Gasteiger charge is -2.11. The highest BCUT2D eigenvalue weighted by atomic mass is 32.1.